The van der Waals surface area contributed by atoms with Gasteiger partial charge in [0.25, 0.3) is 11.7 Å². The van der Waals surface area contributed by atoms with E-state index >= 15 is 0 Å². The Morgan fingerprint density at radius 1 is 0.843 bits per heavy atom. The van der Waals surface area contributed by atoms with Gasteiger partial charge < -0.3 is 57.1 Å². The molecule has 1 aliphatic carbocycles. The predicted octanol–water partition coefficient (Wildman–Crippen LogP) is 10.5. The van der Waals surface area contributed by atoms with Crippen LogP contribution in [0.15, 0.2) is 47.6 Å². The van der Waals surface area contributed by atoms with Gasteiger partial charge in [0.2, 0.25) is 5.79 Å². The molecule has 2 bridgehead atoms. The summed E-state index contributed by atoms with van der Waals surface area (Å²) in [5, 5.41) is 12.1. The van der Waals surface area contributed by atoms with Crippen molar-refractivity contribution in [1.29, 1.82) is 0 Å². The third kappa shape index (κ3) is 19.0. The average molecular weight is 1190 g/mol. The highest BCUT2D eigenvalue weighted by Gasteiger charge is 2.53. The molecule has 3 unspecified atom stereocenters. The van der Waals surface area contributed by atoms with Gasteiger partial charge in [-0.1, -0.05) is 91.8 Å². The van der Waals surface area contributed by atoms with Crippen LogP contribution < -0.4 is 0 Å². The number of hydrogen-bond donors (Lipinski definition) is 1. The highest BCUT2D eigenvalue weighted by Crippen LogP contribution is 2.42. The number of methoxy groups -OCH3 is 3. The van der Waals surface area contributed by atoms with Crippen molar-refractivity contribution >= 4 is 43.7 Å². The number of esters is 1. The number of carbonyl (C=O) groups excluding carboxylic acids is 6. The molecule has 16 atom stereocenters. The summed E-state index contributed by atoms with van der Waals surface area (Å²) >= 11 is 0. The molecule has 5 aliphatic rings. The number of fused-ring (bicyclic) bond motifs is 3. The number of hydrogen-bond acceptors (Lipinski definition) is 17. The molecule has 0 aromatic rings. The molecule has 4 fully saturated rings. The maximum Gasteiger partial charge on any atom is 0.509 e. The van der Waals surface area contributed by atoms with E-state index in [0.29, 0.717) is 56.9 Å². The second-order valence-electron chi connectivity index (χ2n) is 26.5. The zero-order chi connectivity index (χ0) is 61.8. The fourth-order valence-corrected chi connectivity index (χ4v) is 13.5. The van der Waals surface area contributed by atoms with Crippen LogP contribution in [0.2, 0.25) is 18.1 Å². The van der Waals surface area contributed by atoms with Gasteiger partial charge in [-0.2, -0.15) is 0 Å². The Balaban J connectivity index is 1.52. The molecule has 470 valence electrons. The Bertz CT molecular complexity index is 2340. The first-order valence-electron chi connectivity index (χ1n) is 30.5. The summed E-state index contributed by atoms with van der Waals surface area (Å²) in [6.45, 7) is 27.4. The topological polar surface area (TPSA) is 218 Å². The molecule has 83 heavy (non-hydrogen) atoms. The number of cyclic esters (lactones) is 1. The van der Waals surface area contributed by atoms with Crippen molar-refractivity contribution in [1.82, 2.24) is 4.90 Å². The van der Waals surface area contributed by atoms with E-state index in [4.69, 9.17) is 47.1 Å². The van der Waals surface area contributed by atoms with E-state index in [1.54, 1.807) is 61.8 Å². The number of allylic oxidation sites excluding steroid dienone is 6. The van der Waals surface area contributed by atoms with Crippen LogP contribution in [0.5, 0.6) is 0 Å². The lowest BCUT2D eigenvalue weighted by molar-refractivity contribution is -0.265. The molecule has 3 saturated heterocycles. The first-order chi connectivity index (χ1) is 38.8. The van der Waals surface area contributed by atoms with Crippen molar-refractivity contribution in [3.8, 4) is 0 Å². The summed E-state index contributed by atoms with van der Waals surface area (Å²) in [6, 6.07) is -1.18. The Labute approximate surface area is 496 Å². The first kappa shape index (κ1) is 69.8. The molecule has 4 heterocycles. The quantitative estimate of drug-likeness (QED) is 0.0880. The molecule has 0 aromatic carbocycles. The predicted molar refractivity (Wildman–Crippen MR) is 316 cm³/mol. The zero-order valence-electron chi connectivity index (χ0n) is 53.2. The van der Waals surface area contributed by atoms with Crippen LogP contribution >= 0.6 is 0 Å². The number of ether oxygens (including phenoxy) is 9. The Morgan fingerprint density at radius 2 is 1.55 bits per heavy atom. The fraction of sp³-hybridized carbons (Fsp3) is 0.781. The lowest BCUT2D eigenvalue weighted by atomic mass is 9.78. The van der Waals surface area contributed by atoms with Crippen LogP contribution in [0.4, 0.5) is 4.79 Å². The van der Waals surface area contributed by atoms with Crippen LogP contribution in [-0.4, -0.2) is 161 Å². The Kier molecular flexibility index (Phi) is 25.8. The van der Waals surface area contributed by atoms with Crippen LogP contribution in [0, 0.1) is 35.5 Å². The number of ketones is 3. The molecule has 1 saturated carbocycles. The molecule has 1 amide bonds. The van der Waals surface area contributed by atoms with Crippen molar-refractivity contribution in [3.05, 3.63) is 47.6 Å². The molecular formula is C64H103NO17Si. The molecular weight excluding hydrogens is 1080 g/mol. The van der Waals surface area contributed by atoms with Crippen LogP contribution in [0.3, 0.4) is 0 Å². The molecule has 18 nitrogen and oxygen atoms in total. The van der Waals surface area contributed by atoms with Gasteiger partial charge in [-0.25, -0.2) is 9.59 Å². The van der Waals surface area contributed by atoms with Crippen molar-refractivity contribution in [2.75, 3.05) is 41.1 Å². The van der Waals surface area contributed by atoms with E-state index in [9.17, 15) is 33.9 Å². The highest BCUT2D eigenvalue weighted by atomic mass is 28.4. The summed E-state index contributed by atoms with van der Waals surface area (Å²) in [5.74, 6) is -9.36. The minimum absolute atomic E-state index is 0.00544. The molecule has 5 rings (SSSR count). The number of amides is 1. The number of carbonyl (C=O) groups is 6. The molecule has 0 spiro atoms. The molecule has 19 heteroatoms. The molecule has 1 N–H and O–H groups in total. The third-order valence-corrected chi connectivity index (χ3v) is 22.9. The number of Topliss-reactive ketones (excluding diaryl/α,β-unsaturated/α-hetero) is 3. The fourth-order valence-electron chi connectivity index (χ4n) is 12.1. The van der Waals surface area contributed by atoms with E-state index in [0.717, 1.165) is 18.4 Å². The maximum atomic E-state index is 14.8. The summed E-state index contributed by atoms with van der Waals surface area (Å²) in [4.78, 5) is 87.9. The smallest absolute Gasteiger partial charge is 0.460 e. The second kappa shape index (κ2) is 30.6. The number of rotatable bonds is 11. The van der Waals surface area contributed by atoms with Crippen LogP contribution in [0.1, 0.15) is 160 Å². The largest absolute Gasteiger partial charge is 0.509 e. The van der Waals surface area contributed by atoms with Gasteiger partial charge in [0.15, 0.2) is 32.1 Å². The van der Waals surface area contributed by atoms with Crippen LogP contribution in [-0.2, 0) is 71.0 Å². The summed E-state index contributed by atoms with van der Waals surface area (Å²) in [5.41, 5.74) is 1.21. The van der Waals surface area contributed by atoms with Gasteiger partial charge in [0, 0.05) is 58.5 Å². The SMILES string of the molecule is CO[C@H]1CC2CC[C@@H](C)[C@@](O)(O2)C(=O)C(=O)N2CCCCC2C(=O)O[C@H]([C@H](C)C[C@@H]2CC[C@@H](O[Si](C)(C)C(C)(C)C)[C@H](OC)C2)CC(=O)[C@H](C)C=C(C)[C@@H](OC(=O)OCC2COC(C)(C)O2)[C@@H](OC)C(=O)[C@H](C)C[C@H](C)C=CC=CC=C1C. The number of piperidine rings is 1. The summed E-state index contributed by atoms with van der Waals surface area (Å²) in [6.07, 6.45) is 10.1. The minimum atomic E-state index is -2.46. The highest BCUT2D eigenvalue weighted by molar-refractivity contribution is 6.74. The van der Waals surface area contributed by atoms with Gasteiger partial charge in [0.1, 0.15) is 30.6 Å². The lowest BCUT2D eigenvalue weighted by Crippen LogP contribution is -2.61. The Hall–Kier alpha value is -3.92. The first-order valence-corrected chi connectivity index (χ1v) is 33.4. The van der Waals surface area contributed by atoms with Crippen molar-refractivity contribution < 1.29 is 80.9 Å². The average Bonchev–Trinajstić information content (AvgIpc) is 3.87. The summed E-state index contributed by atoms with van der Waals surface area (Å²) in [7, 11) is 2.52. The van der Waals surface area contributed by atoms with E-state index in [1.807, 2.05) is 51.2 Å². The normalized spacial score (nSPS) is 35.0. The Morgan fingerprint density at radius 3 is 2.19 bits per heavy atom. The van der Waals surface area contributed by atoms with Gasteiger partial charge in [-0.15, -0.1) is 0 Å². The van der Waals surface area contributed by atoms with E-state index in [1.165, 1.54) is 12.0 Å². The van der Waals surface area contributed by atoms with E-state index in [-0.39, 0.29) is 79.2 Å². The number of aliphatic hydroxyl groups is 1. The molecule has 4 aliphatic heterocycles. The zero-order valence-corrected chi connectivity index (χ0v) is 54.2. The summed E-state index contributed by atoms with van der Waals surface area (Å²) < 4.78 is 60.5. The van der Waals surface area contributed by atoms with Crippen LogP contribution in [0.25, 0.3) is 0 Å². The van der Waals surface area contributed by atoms with E-state index in [2.05, 4.69) is 33.9 Å². The monoisotopic (exact) mass is 1190 g/mol. The van der Waals surface area contributed by atoms with Gasteiger partial charge in [0.05, 0.1) is 31.0 Å². The third-order valence-electron chi connectivity index (χ3n) is 18.4. The van der Waals surface area contributed by atoms with Crippen molar-refractivity contribution in [2.45, 2.75) is 245 Å². The van der Waals surface area contributed by atoms with Gasteiger partial charge in [-0.3, -0.25) is 19.2 Å². The van der Waals surface area contributed by atoms with E-state index < -0.39 is 104 Å². The molecule has 0 aromatic heterocycles. The standard InChI is InChI=1S/C64H103NO17Si/c1-39-23-19-18-20-24-40(2)52(73-13)35-47-28-26-45(7)64(72,81-47)58(68)59(69)65-30-22-21-25-49(65)60(70)78-53(42(4)33-46-27-29-51(54(34-46)74-14)82-83(16,17)62(8,9)10)36-50(66)41(3)32-44(6)56(57(75-15)55(67)43(5)31-39)79-61(71)76-37-48-38-77-63(11,12)80-48/h18-20,23-24,32,39,41-43,45-49,51-54,56-57,72H,21-22,25-31,33-38H2,1-17H3/t39-,41-,42-,43-,45-,46+,47?,48?,49?,51-,52+,53+,54-,56-,57+,64-/m1/s1. The van der Waals surface area contributed by atoms with Crippen molar-refractivity contribution in [3.63, 3.8) is 0 Å². The lowest BCUT2D eigenvalue weighted by Gasteiger charge is -2.44. The number of nitrogens with zero attached hydrogens (tertiary/aromatic N) is 1. The maximum absolute atomic E-state index is 14.8. The minimum Gasteiger partial charge on any atom is -0.460 e. The van der Waals surface area contributed by atoms with Crippen molar-refractivity contribution in [2.24, 2.45) is 35.5 Å². The second-order valence-corrected chi connectivity index (χ2v) is 31.3. The van der Waals surface area contributed by atoms with Gasteiger partial charge in [-0.05, 0) is 139 Å². The van der Waals surface area contributed by atoms with Gasteiger partial charge >= 0.3 is 12.1 Å². The molecule has 0 radical (unpaired) electrons.